The Morgan fingerprint density at radius 3 is 2.95 bits per heavy atom. The third-order valence-corrected chi connectivity index (χ3v) is 3.34. The number of methoxy groups -OCH3 is 1. The van der Waals surface area contributed by atoms with E-state index in [4.69, 9.17) is 16.3 Å². The number of hydrogen-bond donors (Lipinski definition) is 1. The van der Waals surface area contributed by atoms with Gasteiger partial charge in [-0.05, 0) is 29.8 Å². The summed E-state index contributed by atoms with van der Waals surface area (Å²) in [7, 11) is 1.68. The molecule has 0 aliphatic rings. The first kappa shape index (κ1) is 15.0. The van der Waals surface area contributed by atoms with Crippen molar-refractivity contribution in [2.45, 2.75) is 13.1 Å². The number of ether oxygens (including phenoxy) is 1. The molecule has 0 aliphatic heterocycles. The number of nitrogens with one attached hydrogen (secondary N) is 1. The number of aromatic nitrogens is 1. The molecule has 1 aromatic heterocycles. The predicted octanol–water partition coefficient (Wildman–Crippen LogP) is 3.06. The van der Waals surface area contributed by atoms with Gasteiger partial charge in [0.2, 0.25) is 0 Å². The molecule has 1 aromatic carbocycles. The number of halogens is 2. The first-order valence-corrected chi connectivity index (χ1v) is 6.86. The normalized spacial score (nSPS) is 10.9. The summed E-state index contributed by atoms with van der Waals surface area (Å²) in [5.74, 6) is -0.385. The minimum Gasteiger partial charge on any atom is -0.383 e. The van der Waals surface area contributed by atoms with Crippen molar-refractivity contribution >= 4 is 11.6 Å². The van der Waals surface area contributed by atoms with Crippen LogP contribution in [0.2, 0.25) is 5.02 Å². The summed E-state index contributed by atoms with van der Waals surface area (Å²) >= 11 is 5.80. The van der Waals surface area contributed by atoms with E-state index >= 15 is 0 Å². The molecule has 20 heavy (non-hydrogen) atoms. The average Bonchev–Trinajstić information content (AvgIpc) is 2.86. The van der Waals surface area contributed by atoms with E-state index in [-0.39, 0.29) is 10.8 Å². The molecular weight excluding hydrogens is 279 g/mol. The van der Waals surface area contributed by atoms with Crippen LogP contribution in [0.1, 0.15) is 11.3 Å². The second-order valence-electron chi connectivity index (χ2n) is 4.55. The summed E-state index contributed by atoms with van der Waals surface area (Å²) in [5.41, 5.74) is 2.15. The lowest BCUT2D eigenvalue weighted by Gasteiger charge is -2.11. The minimum absolute atomic E-state index is 0.162. The standard InChI is InChI=1S/C15H18ClFN2O/c1-20-8-6-18-10-13-3-2-7-19(13)11-12-4-5-15(17)14(16)9-12/h2-5,7,9,18H,6,8,10-11H2,1H3. The van der Waals surface area contributed by atoms with Gasteiger partial charge in [-0.3, -0.25) is 0 Å². The van der Waals surface area contributed by atoms with Gasteiger partial charge in [-0.2, -0.15) is 0 Å². The maximum atomic E-state index is 13.1. The van der Waals surface area contributed by atoms with E-state index in [1.165, 1.54) is 11.8 Å². The SMILES string of the molecule is COCCNCc1cccn1Cc1ccc(F)c(Cl)c1. The Hall–Kier alpha value is -1.36. The monoisotopic (exact) mass is 296 g/mol. The van der Waals surface area contributed by atoms with Gasteiger partial charge >= 0.3 is 0 Å². The Bertz CT molecular complexity index is 557. The van der Waals surface area contributed by atoms with Gasteiger partial charge in [0.1, 0.15) is 5.82 Å². The lowest BCUT2D eigenvalue weighted by atomic mass is 10.2. The fourth-order valence-corrected chi connectivity index (χ4v) is 2.19. The molecule has 0 atom stereocenters. The minimum atomic E-state index is -0.385. The van der Waals surface area contributed by atoms with E-state index < -0.39 is 0 Å². The topological polar surface area (TPSA) is 26.2 Å². The molecule has 2 rings (SSSR count). The van der Waals surface area contributed by atoms with Gasteiger partial charge in [0, 0.05) is 38.6 Å². The molecule has 0 radical (unpaired) electrons. The zero-order chi connectivity index (χ0) is 14.4. The zero-order valence-electron chi connectivity index (χ0n) is 11.4. The third kappa shape index (κ3) is 4.07. The van der Waals surface area contributed by atoms with Gasteiger partial charge < -0.3 is 14.6 Å². The summed E-state index contributed by atoms with van der Waals surface area (Å²) in [6, 6.07) is 8.88. The molecule has 0 spiro atoms. The van der Waals surface area contributed by atoms with Crippen molar-refractivity contribution in [3.05, 3.63) is 58.6 Å². The van der Waals surface area contributed by atoms with Crippen molar-refractivity contribution in [1.82, 2.24) is 9.88 Å². The van der Waals surface area contributed by atoms with Gasteiger partial charge in [-0.15, -0.1) is 0 Å². The Labute approximate surface area is 123 Å². The highest BCUT2D eigenvalue weighted by Gasteiger charge is 2.04. The van der Waals surface area contributed by atoms with Gasteiger partial charge in [-0.25, -0.2) is 4.39 Å². The molecule has 0 bridgehead atoms. The van der Waals surface area contributed by atoms with Crippen molar-refractivity contribution in [3.63, 3.8) is 0 Å². The Kier molecular flexibility index (Phi) is 5.59. The quantitative estimate of drug-likeness (QED) is 0.795. The summed E-state index contributed by atoms with van der Waals surface area (Å²) in [6.07, 6.45) is 2.00. The highest BCUT2D eigenvalue weighted by Crippen LogP contribution is 2.17. The van der Waals surface area contributed by atoms with Crippen LogP contribution < -0.4 is 5.32 Å². The second kappa shape index (κ2) is 7.43. The van der Waals surface area contributed by atoms with Crippen molar-refractivity contribution < 1.29 is 9.13 Å². The van der Waals surface area contributed by atoms with Crippen LogP contribution in [0.3, 0.4) is 0 Å². The highest BCUT2D eigenvalue weighted by molar-refractivity contribution is 6.30. The molecule has 0 aliphatic carbocycles. The van der Waals surface area contributed by atoms with Crippen molar-refractivity contribution in [1.29, 1.82) is 0 Å². The van der Waals surface area contributed by atoms with Crippen LogP contribution in [-0.4, -0.2) is 24.8 Å². The lowest BCUT2D eigenvalue weighted by Crippen LogP contribution is -2.20. The predicted molar refractivity (Wildman–Crippen MR) is 78.5 cm³/mol. The van der Waals surface area contributed by atoms with E-state index in [0.717, 1.165) is 18.7 Å². The molecule has 0 saturated heterocycles. The van der Waals surface area contributed by atoms with E-state index in [1.54, 1.807) is 19.2 Å². The molecule has 1 heterocycles. The fourth-order valence-electron chi connectivity index (χ4n) is 1.99. The molecule has 5 heteroatoms. The van der Waals surface area contributed by atoms with Gasteiger partial charge in [0.05, 0.1) is 11.6 Å². The van der Waals surface area contributed by atoms with Crippen molar-refractivity contribution in [2.75, 3.05) is 20.3 Å². The summed E-state index contributed by atoms with van der Waals surface area (Å²) in [6.45, 7) is 2.94. The van der Waals surface area contributed by atoms with Crippen LogP contribution in [0.5, 0.6) is 0 Å². The molecule has 1 N–H and O–H groups in total. The molecule has 0 unspecified atom stereocenters. The van der Waals surface area contributed by atoms with Crippen molar-refractivity contribution in [2.24, 2.45) is 0 Å². The van der Waals surface area contributed by atoms with Crippen LogP contribution in [0, 0.1) is 5.82 Å². The molecular formula is C15H18ClFN2O. The van der Waals surface area contributed by atoms with Gasteiger partial charge in [-0.1, -0.05) is 17.7 Å². The molecule has 0 fully saturated rings. The smallest absolute Gasteiger partial charge is 0.141 e. The Balaban J connectivity index is 1.99. The summed E-state index contributed by atoms with van der Waals surface area (Å²) in [4.78, 5) is 0. The van der Waals surface area contributed by atoms with E-state index in [9.17, 15) is 4.39 Å². The highest BCUT2D eigenvalue weighted by atomic mass is 35.5. The van der Waals surface area contributed by atoms with E-state index in [2.05, 4.69) is 16.0 Å². The largest absolute Gasteiger partial charge is 0.383 e. The first-order chi connectivity index (χ1) is 9.70. The van der Waals surface area contributed by atoms with Crippen molar-refractivity contribution in [3.8, 4) is 0 Å². The van der Waals surface area contributed by atoms with Crippen LogP contribution >= 0.6 is 11.6 Å². The maximum Gasteiger partial charge on any atom is 0.141 e. The van der Waals surface area contributed by atoms with Gasteiger partial charge in [0.25, 0.3) is 0 Å². The zero-order valence-corrected chi connectivity index (χ0v) is 12.2. The summed E-state index contributed by atoms with van der Waals surface area (Å²) < 4.78 is 20.2. The molecule has 108 valence electrons. The van der Waals surface area contributed by atoms with Crippen LogP contribution in [-0.2, 0) is 17.8 Å². The Morgan fingerprint density at radius 2 is 2.20 bits per heavy atom. The van der Waals surface area contributed by atoms with E-state index in [0.29, 0.717) is 13.2 Å². The lowest BCUT2D eigenvalue weighted by molar-refractivity contribution is 0.199. The van der Waals surface area contributed by atoms with Crippen LogP contribution in [0.25, 0.3) is 0 Å². The average molecular weight is 297 g/mol. The number of nitrogens with zero attached hydrogens (tertiary/aromatic N) is 1. The fraction of sp³-hybridized carbons (Fsp3) is 0.333. The molecule has 2 aromatic rings. The third-order valence-electron chi connectivity index (χ3n) is 3.05. The molecule has 0 amide bonds. The summed E-state index contributed by atoms with van der Waals surface area (Å²) in [5, 5.41) is 3.46. The second-order valence-corrected chi connectivity index (χ2v) is 4.95. The molecule has 3 nitrogen and oxygen atoms in total. The van der Waals surface area contributed by atoms with Crippen LogP contribution in [0.4, 0.5) is 4.39 Å². The number of rotatable bonds is 7. The number of hydrogen-bond acceptors (Lipinski definition) is 2. The Morgan fingerprint density at radius 1 is 1.35 bits per heavy atom. The van der Waals surface area contributed by atoms with Crippen LogP contribution in [0.15, 0.2) is 36.5 Å². The van der Waals surface area contributed by atoms with E-state index in [1.807, 2.05) is 12.3 Å². The molecule has 0 saturated carbocycles. The van der Waals surface area contributed by atoms with Gasteiger partial charge in [0.15, 0.2) is 0 Å². The first-order valence-electron chi connectivity index (χ1n) is 6.48. The maximum absolute atomic E-state index is 13.1. The number of benzene rings is 1.